The highest BCUT2D eigenvalue weighted by molar-refractivity contribution is 6.35. The van der Waals surface area contributed by atoms with Crippen molar-refractivity contribution in [1.82, 2.24) is 10.6 Å². The van der Waals surface area contributed by atoms with Crippen LogP contribution < -0.4 is 16.4 Å². The monoisotopic (exact) mass is 365 g/mol. The summed E-state index contributed by atoms with van der Waals surface area (Å²) in [5.74, 6) is -0.536. The van der Waals surface area contributed by atoms with Gasteiger partial charge < -0.3 is 5.73 Å². The minimum Gasteiger partial charge on any atom is -0.351 e. The largest absolute Gasteiger partial charge is 0.351 e. The molecule has 0 aliphatic heterocycles. The summed E-state index contributed by atoms with van der Waals surface area (Å²) in [7, 11) is 0. The van der Waals surface area contributed by atoms with Gasteiger partial charge in [0.25, 0.3) is 0 Å². The number of benzene rings is 2. The van der Waals surface area contributed by atoms with Crippen LogP contribution in [0.1, 0.15) is 30.1 Å². The first kappa shape index (κ1) is 18.3. The van der Waals surface area contributed by atoms with Crippen molar-refractivity contribution in [2.45, 2.75) is 19.0 Å². The number of hydrogen-bond donors (Lipinski definition) is 3. The van der Waals surface area contributed by atoms with Crippen molar-refractivity contribution in [3.63, 3.8) is 0 Å². The molecule has 4 N–H and O–H groups in total. The Hall–Kier alpha value is -2.08. The number of rotatable bonds is 5. The highest BCUT2D eigenvalue weighted by atomic mass is 35.5. The molecule has 2 rings (SSSR count). The summed E-state index contributed by atoms with van der Waals surface area (Å²) in [5, 5.41) is 6.29. The van der Waals surface area contributed by atoms with Crippen molar-refractivity contribution >= 4 is 35.1 Å². The lowest BCUT2D eigenvalue weighted by Gasteiger charge is -2.23. The van der Waals surface area contributed by atoms with Gasteiger partial charge in [0.2, 0.25) is 5.91 Å². The third-order valence-electron chi connectivity index (χ3n) is 3.49. The summed E-state index contributed by atoms with van der Waals surface area (Å²) in [6.07, 6.45) is 0. The molecule has 0 fully saturated rings. The minimum absolute atomic E-state index is 0.265. The zero-order valence-corrected chi connectivity index (χ0v) is 14.4. The van der Waals surface area contributed by atoms with Gasteiger partial charge in [0.05, 0.1) is 0 Å². The molecule has 2 aromatic carbocycles. The van der Waals surface area contributed by atoms with Crippen LogP contribution in [-0.4, -0.2) is 11.9 Å². The van der Waals surface area contributed by atoms with Crippen LogP contribution in [0.25, 0.3) is 0 Å². The maximum Gasteiger partial charge on any atom is 0.318 e. The molecule has 126 valence electrons. The van der Waals surface area contributed by atoms with Crippen molar-refractivity contribution in [2.75, 3.05) is 0 Å². The number of primary amides is 1. The number of urea groups is 1. The lowest BCUT2D eigenvalue weighted by atomic mass is 10.0. The molecule has 2 atom stereocenters. The number of imide groups is 1. The molecule has 0 aliphatic carbocycles. The molecule has 0 aromatic heterocycles. The van der Waals surface area contributed by atoms with E-state index in [0.29, 0.717) is 15.6 Å². The lowest BCUT2D eigenvalue weighted by Crippen LogP contribution is -2.43. The summed E-state index contributed by atoms with van der Waals surface area (Å²) in [6, 6.07) is 12.2. The molecular formula is C17H17Cl2N3O2. The molecule has 3 amide bonds. The summed E-state index contributed by atoms with van der Waals surface area (Å²) in [6.45, 7) is 1.86. The average Bonchev–Trinajstić information content (AvgIpc) is 2.52. The van der Waals surface area contributed by atoms with E-state index in [1.807, 2.05) is 25.1 Å². The Morgan fingerprint density at radius 3 is 2.33 bits per heavy atom. The smallest absolute Gasteiger partial charge is 0.318 e. The van der Waals surface area contributed by atoms with E-state index in [0.717, 1.165) is 5.56 Å². The Bertz CT molecular complexity index is 738. The fraction of sp³-hybridized carbons (Fsp3) is 0.176. The van der Waals surface area contributed by atoms with Gasteiger partial charge in [-0.15, -0.1) is 0 Å². The van der Waals surface area contributed by atoms with Gasteiger partial charge in [0.1, 0.15) is 6.04 Å². The van der Waals surface area contributed by atoms with E-state index in [4.69, 9.17) is 28.9 Å². The summed E-state index contributed by atoms with van der Waals surface area (Å²) in [5.41, 5.74) is 6.55. The maximum atomic E-state index is 12.3. The first-order valence-corrected chi connectivity index (χ1v) is 8.00. The minimum atomic E-state index is -0.903. The molecule has 0 radical (unpaired) electrons. The molecule has 5 nitrogen and oxygen atoms in total. The van der Waals surface area contributed by atoms with E-state index in [1.54, 1.807) is 30.3 Å². The van der Waals surface area contributed by atoms with Crippen LogP contribution >= 0.6 is 23.2 Å². The van der Waals surface area contributed by atoms with Gasteiger partial charge in [-0.2, -0.15) is 0 Å². The third-order valence-corrected chi connectivity index (χ3v) is 4.05. The summed E-state index contributed by atoms with van der Waals surface area (Å²) >= 11 is 12.1. The highest BCUT2D eigenvalue weighted by Gasteiger charge is 2.24. The zero-order chi connectivity index (χ0) is 17.7. The number of nitrogens with one attached hydrogen (secondary N) is 2. The van der Waals surface area contributed by atoms with E-state index >= 15 is 0 Å². The first-order chi connectivity index (χ1) is 11.4. The molecule has 2 aromatic rings. The lowest BCUT2D eigenvalue weighted by molar-refractivity contribution is -0.122. The van der Waals surface area contributed by atoms with Crippen molar-refractivity contribution < 1.29 is 9.59 Å². The number of carbonyl (C=O) groups is 2. The second-order valence-corrected chi connectivity index (χ2v) is 6.10. The zero-order valence-electron chi connectivity index (χ0n) is 12.9. The van der Waals surface area contributed by atoms with Gasteiger partial charge in [-0.3, -0.25) is 15.4 Å². The molecule has 24 heavy (non-hydrogen) atoms. The van der Waals surface area contributed by atoms with Crippen molar-refractivity contribution in [3.8, 4) is 0 Å². The first-order valence-electron chi connectivity index (χ1n) is 7.24. The van der Waals surface area contributed by atoms with Gasteiger partial charge in [-0.05, 0) is 30.2 Å². The van der Waals surface area contributed by atoms with Gasteiger partial charge in [0, 0.05) is 16.1 Å². The quantitative estimate of drug-likeness (QED) is 0.756. The molecule has 0 saturated heterocycles. The number of halogens is 2. The summed E-state index contributed by atoms with van der Waals surface area (Å²) < 4.78 is 0. The number of amides is 3. The van der Waals surface area contributed by atoms with Crippen LogP contribution in [0, 0.1) is 0 Å². The van der Waals surface area contributed by atoms with E-state index in [1.165, 1.54) is 0 Å². The Kier molecular flexibility index (Phi) is 6.20. The van der Waals surface area contributed by atoms with Gasteiger partial charge in [0.15, 0.2) is 0 Å². The van der Waals surface area contributed by atoms with Crippen molar-refractivity contribution in [1.29, 1.82) is 0 Å². The topological polar surface area (TPSA) is 84.2 Å². The molecule has 0 heterocycles. The molecule has 0 spiro atoms. The maximum absolute atomic E-state index is 12.3. The average molecular weight is 366 g/mol. The van der Waals surface area contributed by atoms with Crippen LogP contribution in [0.15, 0.2) is 48.5 Å². The number of hydrogen-bond acceptors (Lipinski definition) is 3. The van der Waals surface area contributed by atoms with Crippen LogP contribution in [0.5, 0.6) is 0 Å². The summed E-state index contributed by atoms with van der Waals surface area (Å²) in [4.78, 5) is 23.4. The van der Waals surface area contributed by atoms with Crippen molar-refractivity contribution in [3.05, 3.63) is 69.7 Å². The van der Waals surface area contributed by atoms with E-state index in [9.17, 15) is 9.59 Å². The number of carbonyl (C=O) groups excluding carboxylic acids is 2. The molecular weight excluding hydrogens is 349 g/mol. The van der Waals surface area contributed by atoms with E-state index < -0.39 is 18.0 Å². The number of nitrogens with two attached hydrogens (primary N) is 1. The van der Waals surface area contributed by atoms with Gasteiger partial charge in [-0.1, -0.05) is 59.6 Å². The normalized spacial score (nSPS) is 13.1. The van der Waals surface area contributed by atoms with Gasteiger partial charge in [-0.25, -0.2) is 4.79 Å². The second kappa shape index (κ2) is 8.15. The van der Waals surface area contributed by atoms with E-state index in [-0.39, 0.29) is 6.04 Å². The predicted molar refractivity (Wildman–Crippen MR) is 94.9 cm³/mol. The Balaban J connectivity index is 2.27. The molecule has 0 bridgehead atoms. The Labute approximate surface area is 150 Å². The fourth-order valence-electron chi connectivity index (χ4n) is 2.35. The standard InChI is InChI=1S/C17H17Cl2N3O2/c1-10(13-8-7-12(18)9-14(13)19)21-15(16(23)22-17(20)24)11-5-3-2-4-6-11/h2-10,15,21H,1H3,(H3,20,22,23,24)/t10-,15+/m1/s1. The van der Waals surface area contributed by atoms with Gasteiger partial charge >= 0.3 is 6.03 Å². The molecule has 0 aliphatic rings. The fourth-order valence-corrected chi connectivity index (χ4v) is 2.93. The third kappa shape index (κ3) is 4.71. The molecule has 7 heteroatoms. The van der Waals surface area contributed by atoms with E-state index in [2.05, 4.69) is 10.6 Å². The Morgan fingerprint density at radius 1 is 1.08 bits per heavy atom. The molecule has 0 saturated carbocycles. The predicted octanol–water partition coefficient (Wildman–Crippen LogP) is 3.58. The SMILES string of the molecule is C[C@@H](N[C@H](C(=O)NC(N)=O)c1ccccc1)c1ccc(Cl)cc1Cl. The second-order valence-electron chi connectivity index (χ2n) is 5.25. The highest BCUT2D eigenvalue weighted by Crippen LogP contribution is 2.28. The van der Waals surface area contributed by atoms with Crippen LogP contribution in [0.3, 0.4) is 0 Å². The van der Waals surface area contributed by atoms with Crippen LogP contribution in [-0.2, 0) is 4.79 Å². The Morgan fingerprint density at radius 2 is 1.75 bits per heavy atom. The van der Waals surface area contributed by atoms with Crippen LogP contribution in [0.2, 0.25) is 10.0 Å². The van der Waals surface area contributed by atoms with Crippen molar-refractivity contribution in [2.24, 2.45) is 5.73 Å². The van der Waals surface area contributed by atoms with Crippen LogP contribution in [0.4, 0.5) is 4.79 Å². The molecule has 0 unspecified atom stereocenters.